The van der Waals surface area contributed by atoms with Crippen molar-refractivity contribution >= 4 is 17.0 Å². The third-order valence-electron chi connectivity index (χ3n) is 3.66. The standard InChI is InChI=1S/C18H14F2N2O4/c1-24-12-5-3-10(4-6-12)13-7-11(17(23)25-2)8-14-16(13)21-9-15(22-14)26-18(19)20/h3-9,18H,1-2H3. The van der Waals surface area contributed by atoms with E-state index in [1.54, 1.807) is 37.4 Å². The van der Waals surface area contributed by atoms with E-state index >= 15 is 0 Å². The molecule has 134 valence electrons. The Balaban J connectivity index is 2.19. The second-order valence-electron chi connectivity index (χ2n) is 5.20. The number of methoxy groups -OCH3 is 2. The number of ether oxygens (including phenoxy) is 3. The highest BCUT2D eigenvalue weighted by Crippen LogP contribution is 2.30. The van der Waals surface area contributed by atoms with E-state index in [9.17, 15) is 13.6 Å². The van der Waals surface area contributed by atoms with Crippen LogP contribution in [0.3, 0.4) is 0 Å². The van der Waals surface area contributed by atoms with Gasteiger partial charge in [0.25, 0.3) is 0 Å². The van der Waals surface area contributed by atoms with Crippen LogP contribution < -0.4 is 9.47 Å². The lowest BCUT2D eigenvalue weighted by molar-refractivity contribution is -0.0528. The third-order valence-corrected chi connectivity index (χ3v) is 3.66. The monoisotopic (exact) mass is 360 g/mol. The maximum absolute atomic E-state index is 12.4. The predicted molar refractivity (Wildman–Crippen MR) is 89.5 cm³/mol. The van der Waals surface area contributed by atoms with Gasteiger partial charge in [-0.2, -0.15) is 8.78 Å². The number of esters is 1. The van der Waals surface area contributed by atoms with Gasteiger partial charge in [-0.05, 0) is 29.8 Å². The molecular weight excluding hydrogens is 346 g/mol. The maximum Gasteiger partial charge on any atom is 0.388 e. The van der Waals surface area contributed by atoms with Gasteiger partial charge in [0.2, 0.25) is 5.88 Å². The average Bonchev–Trinajstić information content (AvgIpc) is 2.65. The van der Waals surface area contributed by atoms with Crippen LogP contribution in [0.5, 0.6) is 11.6 Å². The Bertz CT molecular complexity index is 946. The molecule has 0 N–H and O–H groups in total. The maximum atomic E-state index is 12.4. The molecule has 6 nitrogen and oxygen atoms in total. The molecule has 0 aliphatic heterocycles. The number of carbonyl (C=O) groups is 1. The molecule has 0 spiro atoms. The van der Waals surface area contributed by atoms with Gasteiger partial charge in [-0.3, -0.25) is 0 Å². The van der Waals surface area contributed by atoms with Crippen LogP contribution in [0.25, 0.3) is 22.2 Å². The van der Waals surface area contributed by atoms with Crippen molar-refractivity contribution in [2.24, 2.45) is 0 Å². The quantitative estimate of drug-likeness (QED) is 0.646. The van der Waals surface area contributed by atoms with Crippen LogP contribution in [-0.2, 0) is 4.74 Å². The number of carbonyl (C=O) groups excluding carboxylic acids is 1. The van der Waals surface area contributed by atoms with Crippen LogP contribution >= 0.6 is 0 Å². The summed E-state index contributed by atoms with van der Waals surface area (Å²) < 4.78 is 39.0. The number of fused-ring (bicyclic) bond motifs is 1. The molecule has 0 saturated heterocycles. The first-order valence-electron chi connectivity index (χ1n) is 7.50. The largest absolute Gasteiger partial charge is 0.497 e. The molecule has 8 heteroatoms. The molecule has 26 heavy (non-hydrogen) atoms. The predicted octanol–water partition coefficient (Wildman–Crippen LogP) is 3.69. The van der Waals surface area contributed by atoms with Crippen molar-refractivity contribution in [3.05, 3.63) is 48.2 Å². The van der Waals surface area contributed by atoms with Crippen molar-refractivity contribution in [2.45, 2.75) is 6.61 Å². The molecule has 0 atom stereocenters. The van der Waals surface area contributed by atoms with Crippen LogP contribution in [0.4, 0.5) is 8.78 Å². The van der Waals surface area contributed by atoms with Gasteiger partial charge in [-0.25, -0.2) is 14.8 Å². The van der Waals surface area contributed by atoms with Crippen LogP contribution in [0.1, 0.15) is 10.4 Å². The van der Waals surface area contributed by atoms with Crippen LogP contribution in [0.15, 0.2) is 42.6 Å². The fourth-order valence-corrected chi connectivity index (χ4v) is 2.48. The van der Waals surface area contributed by atoms with Gasteiger partial charge >= 0.3 is 12.6 Å². The lowest BCUT2D eigenvalue weighted by Crippen LogP contribution is -2.06. The molecular formula is C18H14F2N2O4. The van der Waals surface area contributed by atoms with Crippen molar-refractivity contribution < 1.29 is 27.8 Å². The molecule has 0 fully saturated rings. The molecule has 3 rings (SSSR count). The molecule has 2 aromatic carbocycles. The van der Waals surface area contributed by atoms with Gasteiger partial charge < -0.3 is 14.2 Å². The van der Waals surface area contributed by atoms with Crippen molar-refractivity contribution in [1.82, 2.24) is 9.97 Å². The van der Waals surface area contributed by atoms with E-state index in [1.165, 1.54) is 13.2 Å². The second-order valence-corrected chi connectivity index (χ2v) is 5.20. The summed E-state index contributed by atoms with van der Waals surface area (Å²) in [5, 5.41) is 0. The smallest absolute Gasteiger partial charge is 0.388 e. The number of rotatable bonds is 5. The average molecular weight is 360 g/mol. The Morgan fingerprint density at radius 3 is 2.46 bits per heavy atom. The van der Waals surface area contributed by atoms with Gasteiger partial charge in [-0.15, -0.1) is 0 Å². The van der Waals surface area contributed by atoms with E-state index in [2.05, 4.69) is 14.7 Å². The second kappa shape index (κ2) is 7.30. The molecule has 3 aromatic rings. The highest BCUT2D eigenvalue weighted by molar-refractivity contribution is 6.00. The number of hydrogen-bond acceptors (Lipinski definition) is 6. The zero-order valence-electron chi connectivity index (χ0n) is 13.9. The summed E-state index contributed by atoms with van der Waals surface area (Å²) in [5.74, 6) is -0.250. The van der Waals surface area contributed by atoms with Crippen molar-refractivity contribution in [2.75, 3.05) is 14.2 Å². The van der Waals surface area contributed by atoms with E-state index in [0.717, 1.165) is 11.8 Å². The van der Waals surface area contributed by atoms with E-state index < -0.39 is 12.6 Å². The summed E-state index contributed by atoms with van der Waals surface area (Å²) in [7, 11) is 2.81. The molecule has 0 saturated carbocycles. The number of nitrogens with zero attached hydrogens (tertiary/aromatic N) is 2. The molecule has 0 radical (unpaired) electrons. The number of aromatic nitrogens is 2. The van der Waals surface area contributed by atoms with Crippen molar-refractivity contribution in [1.29, 1.82) is 0 Å². The van der Waals surface area contributed by atoms with Gasteiger partial charge in [0.15, 0.2) is 0 Å². The SMILES string of the molecule is COC(=O)c1cc(-c2ccc(OC)cc2)c2ncc(OC(F)F)nc2c1. The first-order chi connectivity index (χ1) is 12.5. The Labute approximate surface area is 147 Å². The first-order valence-corrected chi connectivity index (χ1v) is 7.50. The minimum atomic E-state index is -3.02. The third kappa shape index (κ3) is 3.53. The first kappa shape index (κ1) is 17.5. The van der Waals surface area contributed by atoms with E-state index in [-0.39, 0.29) is 17.0 Å². The van der Waals surface area contributed by atoms with Crippen LogP contribution in [-0.4, -0.2) is 36.8 Å². The normalized spacial score (nSPS) is 10.8. The fraction of sp³-hybridized carbons (Fsp3) is 0.167. The minimum Gasteiger partial charge on any atom is -0.497 e. The van der Waals surface area contributed by atoms with Gasteiger partial charge in [0, 0.05) is 5.56 Å². The Kier molecular flexibility index (Phi) is 4.92. The Morgan fingerprint density at radius 1 is 1.12 bits per heavy atom. The summed E-state index contributed by atoms with van der Waals surface area (Å²) in [4.78, 5) is 20.2. The lowest BCUT2D eigenvalue weighted by Gasteiger charge is -2.11. The zero-order valence-corrected chi connectivity index (χ0v) is 13.9. The molecule has 0 unspecified atom stereocenters. The molecule has 0 bridgehead atoms. The van der Waals surface area contributed by atoms with E-state index in [0.29, 0.717) is 16.8 Å². The molecule has 0 aliphatic rings. The topological polar surface area (TPSA) is 70.5 Å². The van der Waals surface area contributed by atoms with Gasteiger partial charge in [0.05, 0.1) is 37.0 Å². The highest BCUT2D eigenvalue weighted by Gasteiger charge is 2.16. The van der Waals surface area contributed by atoms with E-state index in [4.69, 9.17) is 9.47 Å². The summed E-state index contributed by atoms with van der Waals surface area (Å²) >= 11 is 0. The molecule has 1 heterocycles. The van der Waals surface area contributed by atoms with Gasteiger partial charge in [-0.1, -0.05) is 12.1 Å². The minimum absolute atomic E-state index is 0.217. The molecule has 1 aromatic heterocycles. The van der Waals surface area contributed by atoms with Crippen LogP contribution in [0.2, 0.25) is 0 Å². The van der Waals surface area contributed by atoms with Gasteiger partial charge in [0.1, 0.15) is 5.75 Å². The van der Waals surface area contributed by atoms with Crippen molar-refractivity contribution in [3.63, 3.8) is 0 Å². The summed E-state index contributed by atoms with van der Waals surface area (Å²) in [5.41, 5.74) is 2.23. The lowest BCUT2D eigenvalue weighted by atomic mass is 10.0. The molecule has 0 aliphatic carbocycles. The zero-order chi connectivity index (χ0) is 18.7. The number of hydrogen-bond donors (Lipinski definition) is 0. The Hall–Kier alpha value is -3.29. The van der Waals surface area contributed by atoms with Crippen molar-refractivity contribution in [3.8, 4) is 22.8 Å². The van der Waals surface area contributed by atoms with E-state index in [1.807, 2.05) is 0 Å². The van der Waals surface area contributed by atoms with Crippen LogP contribution in [0, 0.1) is 0 Å². The Morgan fingerprint density at radius 2 is 1.85 bits per heavy atom. The summed E-state index contributed by atoms with van der Waals surface area (Å²) in [6.45, 7) is -3.02. The number of benzene rings is 2. The highest BCUT2D eigenvalue weighted by atomic mass is 19.3. The fourth-order valence-electron chi connectivity index (χ4n) is 2.48. The number of halogens is 2. The summed E-state index contributed by atoms with van der Waals surface area (Å²) in [6, 6.07) is 10.1. The molecule has 0 amide bonds. The number of alkyl halides is 2. The summed E-state index contributed by atoms with van der Waals surface area (Å²) in [6.07, 6.45) is 1.11.